The number of benzene rings is 2. The van der Waals surface area contributed by atoms with E-state index in [0.717, 1.165) is 10.8 Å². The summed E-state index contributed by atoms with van der Waals surface area (Å²) in [6.45, 7) is -0.391. The number of hydrogen-bond acceptors (Lipinski definition) is 2. The van der Waals surface area contributed by atoms with Gasteiger partial charge in [0.05, 0.1) is 13.0 Å². The Morgan fingerprint density at radius 3 is 2.33 bits per heavy atom. The second kappa shape index (κ2) is 4.76. The van der Waals surface area contributed by atoms with Crippen LogP contribution in [0.4, 0.5) is 18.9 Å². The van der Waals surface area contributed by atoms with Crippen molar-refractivity contribution in [2.24, 2.45) is 0 Å². The summed E-state index contributed by atoms with van der Waals surface area (Å²) in [5.74, 6) is 0.420. The van der Waals surface area contributed by atoms with Crippen LogP contribution < -0.4 is 10.5 Å². The molecule has 0 saturated carbocycles. The molecule has 0 aliphatic rings. The second-order valence-electron chi connectivity index (χ2n) is 3.91. The number of ether oxygens (including phenoxy) is 1. The predicted octanol–water partition coefficient (Wildman–Crippen LogP) is 3.75. The molecule has 0 atom stereocenters. The van der Waals surface area contributed by atoms with Gasteiger partial charge in [0.2, 0.25) is 0 Å². The monoisotopic (exact) mass is 255 g/mol. The summed E-state index contributed by atoms with van der Waals surface area (Å²) in [5.41, 5.74) is 6.37. The lowest BCUT2D eigenvalue weighted by Gasteiger charge is -2.11. The first-order valence-corrected chi connectivity index (χ1v) is 5.44. The van der Waals surface area contributed by atoms with E-state index >= 15 is 0 Å². The Balaban J connectivity index is 2.21. The van der Waals surface area contributed by atoms with Gasteiger partial charge in [-0.3, -0.25) is 0 Å². The van der Waals surface area contributed by atoms with Crippen LogP contribution in [0.15, 0.2) is 36.4 Å². The van der Waals surface area contributed by atoms with E-state index in [1.165, 1.54) is 0 Å². The van der Waals surface area contributed by atoms with Gasteiger partial charge < -0.3 is 10.5 Å². The number of nitrogen functional groups attached to an aromatic ring is 1. The van der Waals surface area contributed by atoms with E-state index in [2.05, 4.69) is 0 Å². The van der Waals surface area contributed by atoms with Crippen molar-refractivity contribution in [1.82, 2.24) is 0 Å². The molecule has 0 radical (unpaired) electrons. The van der Waals surface area contributed by atoms with E-state index in [1.807, 2.05) is 6.07 Å². The maximum absolute atomic E-state index is 12.0. The summed E-state index contributed by atoms with van der Waals surface area (Å²) in [6.07, 6.45) is -5.17. The van der Waals surface area contributed by atoms with Crippen molar-refractivity contribution >= 4 is 16.5 Å². The van der Waals surface area contributed by atoms with Crippen LogP contribution in [0.3, 0.4) is 0 Å². The molecule has 0 aliphatic carbocycles. The van der Waals surface area contributed by atoms with Crippen LogP contribution in [0.2, 0.25) is 0 Å². The minimum absolute atomic E-state index is 0.391. The zero-order chi connectivity index (χ0) is 13.2. The maximum Gasteiger partial charge on any atom is 0.392 e. The van der Waals surface area contributed by atoms with Crippen molar-refractivity contribution in [2.75, 3.05) is 12.3 Å². The van der Waals surface area contributed by atoms with E-state index in [-0.39, 0.29) is 0 Å². The van der Waals surface area contributed by atoms with E-state index in [9.17, 15) is 13.2 Å². The third-order valence-electron chi connectivity index (χ3n) is 2.56. The van der Waals surface area contributed by atoms with Gasteiger partial charge in [-0.05, 0) is 12.1 Å². The standard InChI is InChI=1S/C13H12F3NO/c14-13(15,16)7-8-18-12-6-5-11(17)9-3-1-2-4-10(9)12/h1-6H,7-8,17H2. The smallest absolute Gasteiger partial charge is 0.392 e. The first-order valence-electron chi connectivity index (χ1n) is 5.44. The highest BCUT2D eigenvalue weighted by molar-refractivity contribution is 5.96. The molecule has 96 valence electrons. The molecule has 0 bridgehead atoms. The quantitative estimate of drug-likeness (QED) is 0.848. The van der Waals surface area contributed by atoms with E-state index in [0.29, 0.717) is 11.4 Å². The summed E-state index contributed by atoms with van der Waals surface area (Å²) in [4.78, 5) is 0. The molecule has 18 heavy (non-hydrogen) atoms. The summed E-state index contributed by atoms with van der Waals surface area (Å²) >= 11 is 0. The minimum Gasteiger partial charge on any atom is -0.493 e. The van der Waals surface area contributed by atoms with Gasteiger partial charge in [0, 0.05) is 16.5 Å². The Hall–Kier alpha value is -1.91. The van der Waals surface area contributed by atoms with Crippen molar-refractivity contribution in [3.05, 3.63) is 36.4 Å². The van der Waals surface area contributed by atoms with Crippen molar-refractivity contribution in [3.63, 3.8) is 0 Å². The zero-order valence-electron chi connectivity index (χ0n) is 9.50. The topological polar surface area (TPSA) is 35.2 Å². The van der Waals surface area contributed by atoms with Crippen molar-refractivity contribution in [3.8, 4) is 5.75 Å². The molecule has 0 aliphatic heterocycles. The second-order valence-corrected chi connectivity index (χ2v) is 3.91. The van der Waals surface area contributed by atoms with Crippen molar-refractivity contribution < 1.29 is 17.9 Å². The molecule has 2 aromatic rings. The fourth-order valence-electron chi connectivity index (χ4n) is 1.70. The number of anilines is 1. The molecule has 0 saturated heterocycles. The van der Waals surface area contributed by atoms with Gasteiger partial charge in [0.25, 0.3) is 0 Å². The third-order valence-corrected chi connectivity index (χ3v) is 2.56. The molecule has 2 nitrogen and oxygen atoms in total. The van der Waals surface area contributed by atoms with Gasteiger partial charge in [-0.25, -0.2) is 0 Å². The maximum atomic E-state index is 12.0. The van der Waals surface area contributed by atoms with Gasteiger partial charge in [-0.15, -0.1) is 0 Å². The van der Waals surface area contributed by atoms with Gasteiger partial charge in [0.15, 0.2) is 0 Å². The summed E-state index contributed by atoms with van der Waals surface area (Å²) in [6, 6.07) is 10.4. The molecule has 0 unspecified atom stereocenters. The molecule has 0 heterocycles. The van der Waals surface area contributed by atoms with E-state index in [1.54, 1.807) is 30.3 Å². The Morgan fingerprint density at radius 1 is 1.00 bits per heavy atom. The minimum atomic E-state index is -4.20. The average Bonchev–Trinajstić information content (AvgIpc) is 2.31. The highest BCUT2D eigenvalue weighted by Gasteiger charge is 2.26. The van der Waals surface area contributed by atoms with Gasteiger partial charge in [-0.2, -0.15) is 13.2 Å². The van der Waals surface area contributed by atoms with Gasteiger partial charge in [0.1, 0.15) is 5.75 Å². The lowest BCUT2D eigenvalue weighted by atomic mass is 10.1. The van der Waals surface area contributed by atoms with Crippen LogP contribution in [0.5, 0.6) is 5.75 Å². The predicted molar refractivity (Wildman–Crippen MR) is 64.5 cm³/mol. The van der Waals surface area contributed by atoms with Crippen LogP contribution >= 0.6 is 0 Å². The Labute approximate surface area is 102 Å². The fourth-order valence-corrected chi connectivity index (χ4v) is 1.70. The van der Waals surface area contributed by atoms with E-state index < -0.39 is 19.2 Å². The van der Waals surface area contributed by atoms with Crippen LogP contribution in [-0.2, 0) is 0 Å². The van der Waals surface area contributed by atoms with Crippen molar-refractivity contribution in [1.29, 1.82) is 0 Å². The molecule has 0 fully saturated rings. The molecular weight excluding hydrogens is 243 g/mol. The molecule has 2 N–H and O–H groups in total. The Morgan fingerprint density at radius 2 is 1.67 bits per heavy atom. The highest BCUT2D eigenvalue weighted by Crippen LogP contribution is 2.30. The molecule has 0 spiro atoms. The number of alkyl halides is 3. The van der Waals surface area contributed by atoms with Crippen LogP contribution in [0.1, 0.15) is 6.42 Å². The summed E-state index contributed by atoms with van der Waals surface area (Å²) in [7, 11) is 0. The SMILES string of the molecule is Nc1ccc(OCCC(F)(F)F)c2ccccc12. The molecule has 2 aromatic carbocycles. The number of hydrogen-bond donors (Lipinski definition) is 1. The average molecular weight is 255 g/mol. The number of fused-ring (bicyclic) bond motifs is 1. The molecular formula is C13H12F3NO. The first kappa shape index (κ1) is 12.5. The largest absolute Gasteiger partial charge is 0.493 e. The Bertz CT molecular complexity index is 551. The lowest BCUT2D eigenvalue weighted by Crippen LogP contribution is -2.13. The van der Waals surface area contributed by atoms with Gasteiger partial charge in [-0.1, -0.05) is 24.3 Å². The van der Waals surface area contributed by atoms with Crippen LogP contribution in [0.25, 0.3) is 10.8 Å². The number of halogens is 3. The van der Waals surface area contributed by atoms with Gasteiger partial charge >= 0.3 is 6.18 Å². The zero-order valence-corrected chi connectivity index (χ0v) is 9.50. The normalized spacial score (nSPS) is 11.7. The summed E-state index contributed by atoms with van der Waals surface area (Å²) < 4.78 is 41.3. The van der Waals surface area contributed by atoms with E-state index in [4.69, 9.17) is 10.5 Å². The molecule has 5 heteroatoms. The molecule has 0 aromatic heterocycles. The van der Waals surface area contributed by atoms with Crippen molar-refractivity contribution in [2.45, 2.75) is 12.6 Å². The van der Waals surface area contributed by atoms with Crippen LogP contribution in [0, 0.1) is 0 Å². The third kappa shape index (κ3) is 2.85. The molecule has 0 amide bonds. The molecule has 2 rings (SSSR count). The first-order chi connectivity index (χ1) is 8.47. The van der Waals surface area contributed by atoms with Crippen LogP contribution in [-0.4, -0.2) is 12.8 Å². The lowest BCUT2D eigenvalue weighted by molar-refractivity contribution is -0.139. The Kier molecular flexibility index (Phi) is 3.32. The number of nitrogens with two attached hydrogens (primary N) is 1. The number of rotatable bonds is 3. The summed E-state index contributed by atoms with van der Waals surface area (Å²) in [5, 5.41) is 1.50. The fraction of sp³-hybridized carbons (Fsp3) is 0.231. The highest BCUT2D eigenvalue weighted by atomic mass is 19.4.